The van der Waals surface area contributed by atoms with Crippen LogP contribution in [0, 0.1) is 0 Å². The minimum Gasteiger partial charge on any atom is -0.477 e. The van der Waals surface area contributed by atoms with Gasteiger partial charge in [0.05, 0.1) is 4.88 Å². The number of amides is 1. The fraction of sp³-hybridized carbons (Fsp3) is 0.294. The smallest absolute Gasteiger partial charge is 0.345 e. The Bertz CT molecular complexity index is 695. The van der Waals surface area contributed by atoms with E-state index < -0.39 is 5.97 Å². The molecule has 0 saturated carbocycles. The summed E-state index contributed by atoms with van der Waals surface area (Å²) >= 11 is 1.04. The van der Waals surface area contributed by atoms with E-state index in [1.165, 1.54) is 11.6 Å². The normalized spacial score (nSPS) is 21.0. The van der Waals surface area contributed by atoms with Crippen LogP contribution in [-0.2, 0) is 0 Å². The molecule has 22 heavy (non-hydrogen) atoms. The van der Waals surface area contributed by atoms with Crippen molar-refractivity contribution in [3.05, 3.63) is 57.8 Å². The molecule has 1 aromatic carbocycles. The molecule has 114 valence electrons. The topological polar surface area (TPSA) is 57.6 Å². The number of hydrogen-bond donors (Lipinski definition) is 1. The molecule has 1 fully saturated rings. The predicted octanol–water partition coefficient (Wildman–Crippen LogP) is 3.46. The van der Waals surface area contributed by atoms with Crippen LogP contribution in [0.5, 0.6) is 0 Å². The highest BCUT2D eigenvalue weighted by Crippen LogP contribution is 2.33. The Kier molecular flexibility index (Phi) is 3.98. The molecule has 2 atom stereocenters. The van der Waals surface area contributed by atoms with Gasteiger partial charge in [-0.25, -0.2) is 4.79 Å². The van der Waals surface area contributed by atoms with Gasteiger partial charge in [0.15, 0.2) is 0 Å². The summed E-state index contributed by atoms with van der Waals surface area (Å²) in [5, 5.41) is 8.97. The molecule has 4 nitrogen and oxygen atoms in total. The number of hydrogen-bond acceptors (Lipinski definition) is 3. The number of aromatic carboxylic acids is 1. The van der Waals surface area contributed by atoms with E-state index in [4.69, 9.17) is 5.11 Å². The number of carboxylic acids is 1. The van der Waals surface area contributed by atoms with Crippen LogP contribution in [0.2, 0.25) is 0 Å². The first kappa shape index (κ1) is 14.8. The number of benzene rings is 1. The monoisotopic (exact) mass is 315 g/mol. The van der Waals surface area contributed by atoms with E-state index in [9.17, 15) is 9.59 Å². The summed E-state index contributed by atoms with van der Waals surface area (Å²) in [5.74, 6) is -0.705. The number of nitrogens with zero attached hydrogens (tertiary/aromatic N) is 1. The average Bonchev–Trinajstić information content (AvgIpc) is 3.14. The third kappa shape index (κ3) is 2.76. The van der Waals surface area contributed by atoms with Crippen molar-refractivity contribution in [1.29, 1.82) is 0 Å². The molecule has 1 aromatic heterocycles. The standard InChI is InChI=1S/C17H17NO3S/c1-11-9-13(12-5-3-2-4-6-12)10-18(11)16(19)14-7-8-15(22-14)17(20)21/h2-8,11,13H,9-10H2,1H3,(H,20,21). The molecule has 2 heterocycles. The van der Waals surface area contributed by atoms with Crippen molar-refractivity contribution in [2.75, 3.05) is 6.54 Å². The molecule has 1 aliphatic heterocycles. The summed E-state index contributed by atoms with van der Waals surface area (Å²) in [6.07, 6.45) is 0.937. The first-order chi connectivity index (χ1) is 10.6. The second kappa shape index (κ2) is 5.93. The van der Waals surface area contributed by atoms with E-state index in [0.29, 0.717) is 17.3 Å². The number of carbonyl (C=O) groups excluding carboxylic acids is 1. The highest BCUT2D eigenvalue weighted by atomic mass is 32.1. The Morgan fingerprint density at radius 3 is 2.45 bits per heavy atom. The lowest BCUT2D eigenvalue weighted by atomic mass is 9.97. The summed E-state index contributed by atoms with van der Waals surface area (Å²) in [6.45, 7) is 2.73. The van der Waals surface area contributed by atoms with Gasteiger partial charge in [-0.3, -0.25) is 4.79 Å². The zero-order chi connectivity index (χ0) is 15.7. The van der Waals surface area contributed by atoms with Gasteiger partial charge in [0.2, 0.25) is 0 Å². The molecule has 5 heteroatoms. The van der Waals surface area contributed by atoms with Crippen molar-refractivity contribution in [3.63, 3.8) is 0 Å². The zero-order valence-corrected chi connectivity index (χ0v) is 13.0. The maximum atomic E-state index is 12.6. The van der Waals surface area contributed by atoms with Crippen LogP contribution < -0.4 is 0 Å². The molecule has 2 unspecified atom stereocenters. The van der Waals surface area contributed by atoms with Crippen molar-refractivity contribution < 1.29 is 14.7 Å². The molecule has 1 N–H and O–H groups in total. The largest absolute Gasteiger partial charge is 0.477 e. The summed E-state index contributed by atoms with van der Waals surface area (Å²) in [6, 6.07) is 13.5. The third-order valence-electron chi connectivity index (χ3n) is 4.13. The van der Waals surface area contributed by atoms with Crippen LogP contribution >= 0.6 is 11.3 Å². The molecule has 0 radical (unpaired) electrons. The van der Waals surface area contributed by atoms with Crippen LogP contribution in [0.15, 0.2) is 42.5 Å². The Morgan fingerprint density at radius 1 is 1.14 bits per heavy atom. The first-order valence-electron chi connectivity index (χ1n) is 7.25. The second-order valence-corrected chi connectivity index (χ2v) is 6.70. The molecular formula is C17H17NO3S. The number of rotatable bonds is 3. The Balaban J connectivity index is 1.77. The maximum absolute atomic E-state index is 12.6. The summed E-state index contributed by atoms with van der Waals surface area (Å²) < 4.78 is 0. The highest BCUT2D eigenvalue weighted by molar-refractivity contribution is 7.15. The van der Waals surface area contributed by atoms with Gasteiger partial charge in [-0.15, -0.1) is 11.3 Å². The van der Waals surface area contributed by atoms with E-state index in [1.54, 1.807) is 6.07 Å². The molecule has 0 spiro atoms. The lowest BCUT2D eigenvalue weighted by molar-refractivity contribution is 0.0701. The van der Waals surface area contributed by atoms with Crippen molar-refractivity contribution in [2.45, 2.75) is 25.3 Å². The Labute approximate surface area is 133 Å². The van der Waals surface area contributed by atoms with E-state index in [1.807, 2.05) is 30.0 Å². The van der Waals surface area contributed by atoms with Gasteiger partial charge in [0.25, 0.3) is 5.91 Å². The molecule has 1 aliphatic rings. The van der Waals surface area contributed by atoms with Crippen molar-refractivity contribution >= 4 is 23.2 Å². The number of likely N-dealkylation sites (tertiary alicyclic amines) is 1. The van der Waals surface area contributed by atoms with Crippen LogP contribution in [-0.4, -0.2) is 34.5 Å². The van der Waals surface area contributed by atoms with Gasteiger partial charge in [0, 0.05) is 18.5 Å². The fourth-order valence-electron chi connectivity index (χ4n) is 2.99. The van der Waals surface area contributed by atoms with Crippen molar-refractivity contribution in [2.24, 2.45) is 0 Å². The molecule has 0 aliphatic carbocycles. The minimum atomic E-state index is -0.985. The average molecular weight is 315 g/mol. The third-order valence-corrected chi connectivity index (χ3v) is 5.20. The SMILES string of the molecule is CC1CC(c2ccccc2)CN1C(=O)c1ccc(C(=O)O)s1. The quantitative estimate of drug-likeness (QED) is 0.943. The number of carboxylic acid groups (broad SMARTS) is 1. The minimum absolute atomic E-state index is 0.0663. The Morgan fingerprint density at radius 2 is 1.82 bits per heavy atom. The Hall–Kier alpha value is -2.14. The van der Waals surface area contributed by atoms with Gasteiger partial charge in [-0.05, 0) is 31.0 Å². The highest BCUT2D eigenvalue weighted by Gasteiger charge is 2.34. The van der Waals surface area contributed by atoms with Gasteiger partial charge in [-0.1, -0.05) is 30.3 Å². The molecule has 0 bridgehead atoms. The lowest BCUT2D eigenvalue weighted by Gasteiger charge is -2.20. The van der Waals surface area contributed by atoms with E-state index in [-0.39, 0.29) is 16.8 Å². The van der Waals surface area contributed by atoms with Crippen LogP contribution in [0.4, 0.5) is 0 Å². The molecule has 1 saturated heterocycles. The predicted molar refractivity (Wildman–Crippen MR) is 85.6 cm³/mol. The van der Waals surface area contributed by atoms with Gasteiger partial charge in [0.1, 0.15) is 4.88 Å². The molecule has 1 amide bonds. The summed E-state index contributed by atoms with van der Waals surface area (Å²) in [7, 11) is 0. The first-order valence-corrected chi connectivity index (χ1v) is 8.07. The van der Waals surface area contributed by atoms with Gasteiger partial charge >= 0.3 is 5.97 Å². The fourth-order valence-corrected chi connectivity index (χ4v) is 3.79. The number of thiophene rings is 1. The summed E-state index contributed by atoms with van der Waals surface area (Å²) in [5.41, 5.74) is 1.25. The molecular weight excluding hydrogens is 298 g/mol. The van der Waals surface area contributed by atoms with Crippen LogP contribution in [0.25, 0.3) is 0 Å². The molecule has 3 rings (SSSR count). The van der Waals surface area contributed by atoms with E-state index in [0.717, 1.165) is 17.8 Å². The van der Waals surface area contributed by atoms with Crippen molar-refractivity contribution in [1.82, 2.24) is 4.90 Å². The molecule has 2 aromatic rings. The van der Waals surface area contributed by atoms with Crippen LogP contribution in [0.1, 0.15) is 44.2 Å². The van der Waals surface area contributed by atoms with Gasteiger partial charge in [-0.2, -0.15) is 0 Å². The van der Waals surface area contributed by atoms with Crippen molar-refractivity contribution in [3.8, 4) is 0 Å². The van der Waals surface area contributed by atoms with Crippen LogP contribution in [0.3, 0.4) is 0 Å². The lowest BCUT2D eigenvalue weighted by Crippen LogP contribution is -2.33. The van der Waals surface area contributed by atoms with E-state index >= 15 is 0 Å². The second-order valence-electron chi connectivity index (χ2n) is 5.62. The maximum Gasteiger partial charge on any atom is 0.345 e. The summed E-state index contributed by atoms with van der Waals surface area (Å²) in [4.78, 5) is 26.1. The van der Waals surface area contributed by atoms with Gasteiger partial charge < -0.3 is 10.0 Å². The zero-order valence-electron chi connectivity index (χ0n) is 12.2. The van der Waals surface area contributed by atoms with E-state index in [2.05, 4.69) is 12.1 Å². The number of carbonyl (C=O) groups is 2.